The Morgan fingerprint density at radius 1 is 1.40 bits per heavy atom. The Balaban J connectivity index is 2.60. The molecular weight excluding hydrogens is 318 g/mol. The van der Waals surface area contributed by atoms with Gasteiger partial charge in [-0.05, 0) is 38.0 Å². The van der Waals surface area contributed by atoms with Crippen LogP contribution in [0.1, 0.15) is 42.2 Å². The van der Waals surface area contributed by atoms with Gasteiger partial charge in [-0.1, -0.05) is 13.0 Å². The van der Waals surface area contributed by atoms with Crippen LogP contribution in [0, 0.1) is 12.3 Å². The summed E-state index contributed by atoms with van der Waals surface area (Å²) in [6.45, 7) is 5.84. The van der Waals surface area contributed by atoms with E-state index in [2.05, 4.69) is 10.3 Å². The molecule has 3 heterocycles. The Morgan fingerprint density at radius 2 is 2.12 bits per heavy atom. The smallest absolute Gasteiger partial charge is 0.267 e. The molecule has 3 rings (SSSR count). The minimum atomic E-state index is -0.391. The zero-order valence-electron chi connectivity index (χ0n) is 14.8. The van der Waals surface area contributed by atoms with E-state index in [1.54, 1.807) is 16.8 Å². The lowest BCUT2D eigenvalue weighted by molar-refractivity contribution is 0.0960. The van der Waals surface area contributed by atoms with E-state index in [-0.39, 0.29) is 22.7 Å². The predicted octanol–water partition coefficient (Wildman–Crippen LogP) is 1.77. The molecule has 0 bridgehead atoms. The second kappa shape index (κ2) is 6.16. The number of amides is 1. The average Bonchev–Trinajstić information content (AvgIpc) is 2.61. The van der Waals surface area contributed by atoms with Gasteiger partial charge in [0.1, 0.15) is 16.8 Å². The van der Waals surface area contributed by atoms with Crippen LogP contribution in [-0.4, -0.2) is 26.9 Å². The number of hydrogen-bond acceptors (Lipinski definition) is 4. The Labute approximate surface area is 144 Å². The fraction of sp³-hybridized carbons (Fsp3) is 0.333. The zero-order valence-corrected chi connectivity index (χ0v) is 14.8. The SMILES string of the molecule is CC[C@@H](C)n1c(=N)c(C(=O)NC)cc2c(=O)n3cccc(C)c3nc21. The molecule has 0 radical (unpaired) electrons. The molecule has 1 amide bonds. The van der Waals surface area contributed by atoms with Gasteiger partial charge in [-0.15, -0.1) is 0 Å². The third-order valence-electron chi connectivity index (χ3n) is 4.58. The minimum absolute atomic E-state index is 0.0611. The molecule has 0 unspecified atom stereocenters. The highest BCUT2D eigenvalue weighted by atomic mass is 16.1. The third kappa shape index (κ3) is 2.52. The number of fused-ring (bicyclic) bond motifs is 2. The van der Waals surface area contributed by atoms with Gasteiger partial charge in [-0.2, -0.15) is 0 Å². The van der Waals surface area contributed by atoms with Gasteiger partial charge in [-0.25, -0.2) is 4.98 Å². The maximum absolute atomic E-state index is 13.0. The molecule has 0 fully saturated rings. The second-order valence-corrected chi connectivity index (χ2v) is 6.15. The summed E-state index contributed by atoms with van der Waals surface area (Å²) >= 11 is 0. The lowest BCUT2D eigenvalue weighted by Crippen LogP contribution is -2.34. The molecule has 0 spiro atoms. The Hall–Kier alpha value is -2.96. The van der Waals surface area contributed by atoms with Gasteiger partial charge in [0.05, 0.1) is 10.9 Å². The van der Waals surface area contributed by atoms with Gasteiger partial charge in [0, 0.05) is 19.3 Å². The monoisotopic (exact) mass is 339 g/mol. The molecule has 3 aromatic heterocycles. The fourth-order valence-corrected chi connectivity index (χ4v) is 2.98. The standard InChI is InChI=1S/C18H21N5O2/c1-5-11(3)23-14(19)12(17(24)20-4)9-13-16(23)21-15-10(2)7-6-8-22(15)18(13)25/h6-9,11,19H,5H2,1-4H3,(H,20,24)/t11-/m1/s1. The van der Waals surface area contributed by atoms with E-state index >= 15 is 0 Å². The van der Waals surface area contributed by atoms with Crippen LogP contribution in [0.5, 0.6) is 0 Å². The van der Waals surface area contributed by atoms with Crippen LogP contribution in [0.25, 0.3) is 16.7 Å². The van der Waals surface area contributed by atoms with Gasteiger partial charge in [-0.3, -0.25) is 19.4 Å². The lowest BCUT2D eigenvalue weighted by Gasteiger charge is -2.19. The highest BCUT2D eigenvalue weighted by Crippen LogP contribution is 2.17. The molecule has 0 aromatic carbocycles. The second-order valence-electron chi connectivity index (χ2n) is 6.15. The molecule has 7 heteroatoms. The minimum Gasteiger partial charge on any atom is -0.355 e. The number of aromatic nitrogens is 3. The molecule has 7 nitrogen and oxygen atoms in total. The number of carbonyl (C=O) groups excluding carboxylic acids is 1. The molecule has 2 N–H and O–H groups in total. The number of aryl methyl sites for hydroxylation is 1. The third-order valence-corrected chi connectivity index (χ3v) is 4.58. The summed E-state index contributed by atoms with van der Waals surface area (Å²) in [6, 6.07) is 5.08. The number of pyridine rings is 2. The van der Waals surface area contributed by atoms with Crippen LogP contribution in [0.2, 0.25) is 0 Å². The molecule has 25 heavy (non-hydrogen) atoms. The van der Waals surface area contributed by atoms with E-state index in [1.807, 2.05) is 26.8 Å². The van der Waals surface area contributed by atoms with Gasteiger partial charge in [0.25, 0.3) is 11.5 Å². The van der Waals surface area contributed by atoms with Gasteiger partial charge >= 0.3 is 0 Å². The van der Waals surface area contributed by atoms with Crippen molar-refractivity contribution in [2.24, 2.45) is 0 Å². The van der Waals surface area contributed by atoms with Crippen molar-refractivity contribution >= 4 is 22.6 Å². The van der Waals surface area contributed by atoms with Gasteiger partial charge in [0.2, 0.25) is 0 Å². The molecule has 1 atom stereocenters. The molecule has 0 saturated carbocycles. The zero-order chi connectivity index (χ0) is 18.3. The maximum atomic E-state index is 13.0. The summed E-state index contributed by atoms with van der Waals surface area (Å²) in [5, 5.41) is 11.3. The lowest BCUT2D eigenvalue weighted by atomic mass is 10.1. The highest BCUT2D eigenvalue weighted by molar-refractivity contribution is 5.96. The molecule has 0 aliphatic heterocycles. The van der Waals surface area contributed by atoms with Crippen molar-refractivity contribution in [1.82, 2.24) is 19.3 Å². The van der Waals surface area contributed by atoms with Crippen LogP contribution < -0.4 is 16.4 Å². The first-order valence-electron chi connectivity index (χ1n) is 8.24. The number of rotatable bonds is 3. The Kier molecular flexibility index (Phi) is 4.16. The summed E-state index contributed by atoms with van der Waals surface area (Å²) in [4.78, 5) is 29.9. The van der Waals surface area contributed by atoms with Crippen molar-refractivity contribution in [2.75, 3.05) is 7.05 Å². The summed E-state index contributed by atoms with van der Waals surface area (Å²) in [5.74, 6) is -0.391. The van der Waals surface area contributed by atoms with Crippen LogP contribution in [-0.2, 0) is 0 Å². The molecular formula is C18H21N5O2. The van der Waals surface area contributed by atoms with Crippen molar-refractivity contribution in [1.29, 1.82) is 5.41 Å². The van der Waals surface area contributed by atoms with Crippen LogP contribution in [0.4, 0.5) is 0 Å². The first-order chi connectivity index (χ1) is 11.9. The molecule has 0 aliphatic carbocycles. The quantitative estimate of drug-likeness (QED) is 0.712. The van der Waals surface area contributed by atoms with E-state index in [4.69, 9.17) is 5.41 Å². The fourth-order valence-electron chi connectivity index (χ4n) is 2.98. The normalized spacial score (nSPS) is 12.5. The number of hydrogen-bond donors (Lipinski definition) is 2. The van der Waals surface area contributed by atoms with Gasteiger partial charge < -0.3 is 9.88 Å². The van der Waals surface area contributed by atoms with Crippen LogP contribution in [0.15, 0.2) is 29.2 Å². The molecule has 0 saturated heterocycles. The number of carbonyl (C=O) groups is 1. The Bertz CT molecular complexity index is 1110. The molecule has 130 valence electrons. The van der Waals surface area contributed by atoms with E-state index in [9.17, 15) is 9.59 Å². The predicted molar refractivity (Wildman–Crippen MR) is 95.9 cm³/mol. The van der Waals surface area contributed by atoms with Crippen molar-refractivity contribution in [2.45, 2.75) is 33.2 Å². The van der Waals surface area contributed by atoms with Crippen LogP contribution >= 0.6 is 0 Å². The topological polar surface area (TPSA) is 92.2 Å². The van der Waals surface area contributed by atoms with Crippen molar-refractivity contribution < 1.29 is 4.79 Å². The van der Waals surface area contributed by atoms with E-state index in [0.29, 0.717) is 16.7 Å². The van der Waals surface area contributed by atoms with E-state index in [0.717, 1.165) is 12.0 Å². The maximum Gasteiger partial charge on any atom is 0.267 e. The largest absolute Gasteiger partial charge is 0.355 e. The summed E-state index contributed by atoms with van der Waals surface area (Å²) < 4.78 is 3.16. The van der Waals surface area contributed by atoms with Crippen molar-refractivity contribution in [3.05, 3.63) is 51.4 Å². The van der Waals surface area contributed by atoms with Crippen molar-refractivity contribution in [3.8, 4) is 0 Å². The van der Waals surface area contributed by atoms with E-state index < -0.39 is 5.91 Å². The number of nitrogens with one attached hydrogen (secondary N) is 2. The van der Waals surface area contributed by atoms with Gasteiger partial charge in [0.15, 0.2) is 0 Å². The first-order valence-corrected chi connectivity index (χ1v) is 8.24. The average molecular weight is 339 g/mol. The van der Waals surface area contributed by atoms with Crippen LogP contribution in [0.3, 0.4) is 0 Å². The summed E-state index contributed by atoms with van der Waals surface area (Å²) in [5.41, 5.74) is 1.85. The van der Waals surface area contributed by atoms with E-state index in [1.165, 1.54) is 17.5 Å². The van der Waals surface area contributed by atoms with Crippen molar-refractivity contribution in [3.63, 3.8) is 0 Å². The Morgan fingerprint density at radius 3 is 2.76 bits per heavy atom. The first kappa shape index (κ1) is 16.9. The summed E-state index contributed by atoms with van der Waals surface area (Å²) in [6.07, 6.45) is 2.41. The molecule has 0 aliphatic rings. The number of nitrogens with zero attached hydrogens (tertiary/aromatic N) is 3. The molecule has 3 aromatic rings. The summed E-state index contributed by atoms with van der Waals surface area (Å²) in [7, 11) is 1.51. The highest BCUT2D eigenvalue weighted by Gasteiger charge is 2.19.